The van der Waals surface area contributed by atoms with Gasteiger partial charge in [-0.1, -0.05) is 25.5 Å². The molecule has 0 radical (unpaired) electrons. The number of unbranched alkanes of at least 4 members (excludes halogenated alkanes) is 1. The Morgan fingerprint density at radius 2 is 2.22 bits per heavy atom. The first-order valence-corrected chi connectivity index (χ1v) is 6.50. The van der Waals surface area contributed by atoms with Crippen LogP contribution in [0.2, 0.25) is 0 Å². The number of rotatable bonds is 6. The molecule has 0 amide bonds. The molecule has 1 aromatic carbocycles. The summed E-state index contributed by atoms with van der Waals surface area (Å²) in [6, 6.07) is 8.08. The number of aromatic amines is 1. The van der Waals surface area contributed by atoms with Gasteiger partial charge in [0.15, 0.2) is 0 Å². The van der Waals surface area contributed by atoms with Gasteiger partial charge in [0.1, 0.15) is 18.2 Å². The van der Waals surface area contributed by atoms with Crippen LogP contribution in [0.25, 0.3) is 0 Å². The molecule has 0 bridgehead atoms. The number of benzene rings is 1. The van der Waals surface area contributed by atoms with Crippen molar-refractivity contribution in [1.29, 1.82) is 0 Å². The van der Waals surface area contributed by atoms with Crippen molar-refractivity contribution >= 4 is 0 Å². The molecule has 0 aliphatic carbocycles. The number of ether oxygens (including phenoxy) is 1. The van der Waals surface area contributed by atoms with Gasteiger partial charge < -0.3 is 9.72 Å². The molecular formula is C15H20N2O. The quantitative estimate of drug-likeness (QED) is 0.842. The van der Waals surface area contributed by atoms with E-state index >= 15 is 0 Å². The lowest BCUT2D eigenvalue weighted by molar-refractivity contribution is 0.301. The maximum atomic E-state index is 5.72. The van der Waals surface area contributed by atoms with E-state index in [1.165, 1.54) is 18.4 Å². The van der Waals surface area contributed by atoms with E-state index in [0.717, 1.165) is 23.7 Å². The summed E-state index contributed by atoms with van der Waals surface area (Å²) >= 11 is 0. The van der Waals surface area contributed by atoms with E-state index in [2.05, 4.69) is 29.9 Å². The summed E-state index contributed by atoms with van der Waals surface area (Å²) in [5, 5.41) is 0. The van der Waals surface area contributed by atoms with Crippen LogP contribution < -0.4 is 4.74 Å². The minimum Gasteiger partial charge on any atom is -0.487 e. The van der Waals surface area contributed by atoms with E-state index in [4.69, 9.17) is 4.74 Å². The Kier molecular flexibility index (Phi) is 4.40. The van der Waals surface area contributed by atoms with Crippen molar-refractivity contribution in [1.82, 2.24) is 9.97 Å². The normalized spacial score (nSPS) is 10.6. The Bertz CT molecular complexity index is 491. The molecule has 0 aliphatic rings. The smallest absolute Gasteiger partial charge is 0.130 e. The molecule has 18 heavy (non-hydrogen) atoms. The number of aryl methyl sites for hydroxylation is 2. The second-order valence-corrected chi connectivity index (χ2v) is 4.56. The molecule has 0 spiro atoms. The van der Waals surface area contributed by atoms with Crippen molar-refractivity contribution in [2.24, 2.45) is 0 Å². The van der Waals surface area contributed by atoms with Gasteiger partial charge in [-0.2, -0.15) is 0 Å². The number of hydrogen-bond donors (Lipinski definition) is 1. The van der Waals surface area contributed by atoms with E-state index in [1.54, 1.807) is 0 Å². The molecule has 0 saturated carbocycles. The third-order valence-corrected chi connectivity index (χ3v) is 2.83. The molecule has 1 N–H and O–H groups in total. The molecule has 2 aromatic rings. The highest BCUT2D eigenvalue weighted by Gasteiger charge is 2.01. The zero-order valence-corrected chi connectivity index (χ0v) is 11.1. The maximum Gasteiger partial charge on any atom is 0.130 e. The van der Waals surface area contributed by atoms with E-state index in [0.29, 0.717) is 6.61 Å². The summed E-state index contributed by atoms with van der Waals surface area (Å²) in [7, 11) is 0. The molecule has 0 fully saturated rings. The molecule has 1 aromatic heterocycles. The number of hydrogen-bond acceptors (Lipinski definition) is 2. The Hall–Kier alpha value is -1.77. The minimum absolute atomic E-state index is 0.544. The fraction of sp³-hybridized carbons (Fsp3) is 0.400. The fourth-order valence-electron chi connectivity index (χ4n) is 1.82. The van der Waals surface area contributed by atoms with Crippen molar-refractivity contribution in [2.75, 3.05) is 0 Å². The van der Waals surface area contributed by atoms with Gasteiger partial charge >= 0.3 is 0 Å². The van der Waals surface area contributed by atoms with Crippen LogP contribution in [0.4, 0.5) is 0 Å². The first-order valence-electron chi connectivity index (χ1n) is 6.50. The third kappa shape index (κ3) is 3.62. The van der Waals surface area contributed by atoms with Gasteiger partial charge in [-0.25, -0.2) is 4.98 Å². The summed E-state index contributed by atoms with van der Waals surface area (Å²) in [6.07, 6.45) is 5.24. The summed E-state index contributed by atoms with van der Waals surface area (Å²) < 4.78 is 5.72. The van der Waals surface area contributed by atoms with Crippen molar-refractivity contribution in [3.63, 3.8) is 0 Å². The molecular weight excluding hydrogens is 224 g/mol. The van der Waals surface area contributed by atoms with Gasteiger partial charge in [-0.05, 0) is 31.0 Å². The summed E-state index contributed by atoms with van der Waals surface area (Å²) in [4.78, 5) is 7.64. The molecule has 0 atom stereocenters. The first kappa shape index (κ1) is 12.7. The Balaban J connectivity index is 1.88. The van der Waals surface area contributed by atoms with Crippen LogP contribution in [-0.2, 0) is 13.0 Å². The number of imidazole rings is 1. The van der Waals surface area contributed by atoms with E-state index in [9.17, 15) is 0 Å². The minimum atomic E-state index is 0.544. The predicted molar refractivity (Wildman–Crippen MR) is 72.7 cm³/mol. The Morgan fingerprint density at radius 3 is 3.00 bits per heavy atom. The zero-order valence-electron chi connectivity index (χ0n) is 11.1. The lowest BCUT2D eigenvalue weighted by atomic mass is 10.2. The third-order valence-electron chi connectivity index (χ3n) is 2.83. The number of nitrogens with one attached hydrogen (secondary N) is 1. The second-order valence-electron chi connectivity index (χ2n) is 4.56. The molecule has 0 aliphatic heterocycles. The number of aromatic nitrogens is 2. The van der Waals surface area contributed by atoms with Gasteiger partial charge in [0, 0.05) is 6.42 Å². The molecule has 3 heteroatoms. The van der Waals surface area contributed by atoms with E-state index in [1.807, 2.05) is 24.4 Å². The molecule has 1 heterocycles. The highest BCUT2D eigenvalue weighted by atomic mass is 16.5. The van der Waals surface area contributed by atoms with Crippen LogP contribution in [0.3, 0.4) is 0 Å². The summed E-state index contributed by atoms with van der Waals surface area (Å²) in [5.74, 6) is 1.96. The zero-order chi connectivity index (χ0) is 12.8. The average molecular weight is 244 g/mol. The second kappa shape index (κ2) is 6.24. The molecule has 2 rings (SSSR count). The Morgan fingerprint density at radius 1 is 1.33 bits per heavy atom. The van der Waals surface area contributed by atoms with Crippen LogP contribution in [-0.4, -0.2) is 9.97 Å². The monoisotopic (exact) mass is 244 g/mol. The first-order chi connectivity index (χ1) is 8.78. The van der Waals surface area contributed by atoms with Gasteiger partial charge in [0.2, 0.25) is 0 Å². The SMILES string of the molecule is CCCCc1ncc(COc2cccc(C)c2)[nH]1. The highest BCUT2D eigenvalue weighted by Crippen LogP contribution is 2.14. The maximum absolute atomic E-state index is 5.72. The Labute approximate surface area is 108 Å². The van der Waals surface area contributed by atoms with Crippen LogP contribution in [0.15, 0.2) is 30.5 Å². The predicted octanol–water partition coefficient (Wildman–Crippen LogP) is 3.64. The molecule has 3 nitrogen and oxygen atoms in total. The largest absolute Gasteiger partial charge is 0.487 e. The van der Waals surface area contributed by atoms with Crippen molar-refractivity contribution < 1.29 is 4.74 Å². The molecule has 0 saturated heterocycles. The van der Waals surface area contributed by atoms with Crippen LogP contribution >= 0.6 is 0 Å². The van der Waals surface area contributed by atoms with Crippen molar-refractivity contribution in [3.05, 3.63) is 47.5 Å². The summed E-state index contributed by atoms with van der Waals surface area (Å²) in [6.45, 7) is 4.79. The van der Waals surface area contributed by atoms with Gasteiger partial charge in [0.05, 0.1) is 11.9 Å². The standard InChI is InChI=1S/C15H20N2O/c1-3-4-8-15-16-10-13(17-15)11-18-14-7-5-6-12(2)9-14/h5-7,9-10H,3-4,8,11H2,1-2H3,(H,16,17). The van der Waals surface area contributed by atoms with Gasteiger partial charge in [-0.15, -0.1) is 0 Å². The van der Waals surface area contributed by atoms with Gasteiger partial charge in [0.25, 0.3) is 0 Å². The molecule has 0 unspecified atom stereocenters. The topological polar surface area (TPSA) is 37.9 Å². The van der Waals surface area contributed by atoms with Crippen molar-refractivity contribution in [2.45, 2.75) is 39.7 Å². The number of H-pyrrole nitrogens is 1. The number of nitrogens with zero attached hydrogens (tertiary/aromatic N) is 1. The van der Waals surface area contributed by atoms with Crippen molar-refractivity contribution in [3.8, 4) is 5.75 Å². The lowest BCUT2D eigenvalue weighted by Crippen LogP contribution is -1.96. The van der Waals surface area contributed by atoms with Gasteiger partial charge in [-0.3, -0.25) is 0 Å². The average Bonchev–Trinajstić information content (AvgIpc) is 2.82. The molecule has 96 valence electrons. The van der Waals surface area contributed by atoms with Crippen LogP contribution in [0, 0.1) is 6.92 Å². The fourth-order valence-corrected chi connectivity index (χ4v) is 1.82. The van der Waals surface area contributed by atoms with E-state index in [-0.39, 0.29) is 0 Å². The van der Waals surface area contributed by atoms with E-state index < -0.39 is 0 Å². The van der Waals surface area contributed by atoms with Crippen LogP contribution in [0.1, 0.15) is 36.8 Å². The van der Waals surface area contributed by atoms with Crippen LogP contribution in [0.5, 0.6) is 5.75 Å². The lowest BCUT2D eigenvalue weighted by Gasteiger charge is -2.04. The summed E-state index contributed by atoms with van der Waals surface area (Å²) in [5.41, 5.74) is 2.24. The highest BCUT2D eigenvalue weighted by molar-refractivity contribution is 5.27.